The Kier molecular flexibility index (Phi) is 5.23. The monoisotopic (exact) mass is 468 g/mol. The van der Waals surface area contributed by atoms with Crippen molar-refractivity contribution in [3.8, 4) is 17.0 Å². The number of hydrogen-bond acceptors (Lipinski definition) is 5. The summed E-state index contributed by atoms with van der Waals surface area (Å²) in [6.07, 6.45) is 2.52. The Balaban J connectivity index is 1.83. The van der Waals surface area contributed by atoms with Crippen LogP contribution in [0.1, 0.15) is 0 Å². The lowest BCUT2D eigenvalue weighted by molar-refractivity contribution is 0.385. The molecule has 4 aromatic rings. The van der Waals surface area contributed by atoms with Crippen molar-refractivity contribution in [2.24, 2.45) is 0 Å². The van der Waals surface area contributed by atoms with E-state index < -0.39 is 49.2 Å². The Hall–Kier alpha value is -3.31. The minimum Gasteiger partial charge on any atom is -0.480 e. The normalized spacial score (nSPS) is 11.6. The largest absolute Gasteiger partial charge is 0.480 e. The van der Waals surface area contributed by atoms with Crippen molar-refractivity contribution in [2.45, 2.75) is 4.90 Å². The maximum atomic E-state index is 15.2. The van der Waals surface area contributed by atoms with Gasteiger partial charge in [-0.2, -0.15) is 5.10 Å². The number of rotatable bonds is 5. The van der Waals surface area contributed by atoms with Crippen molar-refractivity contribution >= 4 is 38.2 Å². The molecule has 12 heteroatoms. The van der Waals surface area contributed by atoms with Crippen LogP contribution in [0, 0.1) is 17.5 Å². The van der Waals surface area contributed by atoms with Crippen molar-refractivity contribution in [1.29, 1.82) is 0 Å². The third kappa shape index (κ3) is 3.66. The van der Waals surface area contributed by atoms with Crippen LogP contribution in [0.4, 0.5) is 18.9 Å². The number of sulfonamides is 1. The van der Waals surface area contributed by atoms with E-state index in [1.807, 2.05) is 4.72 Å². The number of fused-ring (bicyclic) bond motifs is 1. The van der Waals surface area contributed by atoms with Crippen LogP contribution in [-0.2, 0) is 10.0 Å². The number of aromatic nitrogens is 3. The Bertz CT molecular complexity index is 1430. The molecule has 0 radical (unpaired) electrons. The van der Waals surface area contributed by atoms with Gasteiger partial charge in [-0.05, 0) is 18.2 Å². The van der Waals surface area contributed by atoms with Gasteiger partial charge < -0.3 is 4.74 Å². The minimum atomic E-state index is -4.44. The highest BCUT2D eigenvalue weighted by Gasteiger charge is 2.26. The first kappa shape index (κ1) is 20.9. The molecular weight excluding hydrogens is 457 g/mol. The van der Waals surface area contributed by atoms with Crippen LogP contribution in [0.3, 0.4) is 0 Å². The Morgan fingerprint density at radius 2 is 1.87 bits per heavy atom. The van der Waals surface area contributed by atoms with Crippen molar-refractivity contribution in [3.05, 3.63) is 65.2 Å². The molecule has 2 aromatic heterocycles. The zero-order chi connectivity index (χ0) is 22.3. The van der Waals surface area contributed by atoms with Gasteiger partial charge in [-0.1, -0.05) is 23.7 Å². The van der Waals surface area contributed by atoms with Gasteiger partial charge in [0, 0.05) is 17.1 Å². The average Bonchev–Trinajstić information content (AvgIpc) is 3.21. The minimum absolute atomic E-state index is 0.00336. The predicted molar refractivity (Wildman–Crippen MR) is 108 cm³/mol. The van der Waals surface area contributed by atoms with Crippen LogP contribution in [-0.4, -0.2) is 30.7 Å². The molecule has 0 saturated heterocycles. The smallest absolute Gasteiger partial charge is 0.267 e. The Labute approximate surface area is 178 Å². The molecule has 0 atom stereocenters. The predicted octanol–water partition coefficient (Wildman–Crippen LogP) is 4.51. The van der Waals surface area contributed by atoms with E-state index >= 15 is 4.39 Å². The van der Waals surface area contributed by atoms with Crippen molar-refractivity contribution in [2.75, 3.05) is 11.8 Å². The number of anilines is 1. The molecule has 0 fully saturated rings. The lowest BCUT2D eigenvalue weighted by atomic mass is 10.0. The number of aromatic amines is 1. The second kappa shape index (κ2) is 7.75. The summed E-state index contributed by atoms with van der Waals surface area (Å²) < 4.78 is 77.0. The molecule has 0 spiro atoms. The van der Waals surface area contributed by atoms with Crippen molar-refractivity contribution in [1.82, 2.24) is 15.2 Å². The number of H-pyrrole nitrogens is 1. The summed E-state index contributed by atoms with van der Waals surface area (Å²) in [5, 5.41) is 6.51. The van der Waals surface area contributed by atoms with Crippen molar-refractivity contribution in [3.63, 3.8) is 0 Å². The van der Waals surface area contributed by atoms with Gasteiger partial charge in [-0.25, -0.2) is 26.6 Å². The van der Waals surface area contributed by atoms with E-state index in [-0.39, 0.29) is 16.4 Å². The van der Waals surface area contributed by atoms with Gasteiger partial charge >= 0.3 is 0 Å². The number of nitrogens with one attached hydrogen (secondary N) is 2. The summed E-state index contributed by atoms with van der Waals surface area (Å²) in [6.45, 7) is 0. The SMILES string of the molecule is COc1ncc(Cl)cc1S(=O)(=O)Nc1ccc(F)c(-c2ccc3cn[nH]c3c2F)c1F. The topological polar surface area (TPSA) is 97.0 Å². The molecule has 0 aliphatic heterocycles. The van der Waals surface area contributed by atoms with E-state index in [4.69, 9.17) is 16.3 Å². The molecule has 7 nitrogen and oxygen atoms in total. The van der Waals surface area contributed by atoms with E-state index in [0.29, 0.717) is 5.39 Å². The fourth-order valence-electron chi connectivity index (χ4n) is 3.00. The van der Waals surface area contributed by atoms with Crippen LogP contribution < -0.4 is 9.46 Å². The second-order valence-electron chi connectivity index (χ2n) is 6.31. The standard InChI is InChI=1S/C19H12ClF3N4O3S/c1-30-19-14(6-10(20)8-24-19)31(28,29)27-13-5-4-12(21)15(17(13)23)11-3-2-9-7-25-26-18(9)16(11)22/h2-8,27H,1H3,(H,25,26). The van der Waals surface area contributed by atoms with Gasteiger partial charge in [0.1, 0.15) is 11.3 Å². The number of ether oxygens (including phenoxy) is 1. The fraction of sp³-hybridized carbons (Fsp3) is 0.0526. The van der Waals surface area contributed by atoms with Gasteiger partial charge in [-0.15, -0.1) is 0 Å². The highest BCUT2D eigenvalue weighted by molar-refractivity contribution is 7.92. The molecule has 31 heavy (non-hydrogen) atoms. The molecule has 2 aromatic carbocycles. The summed E-state index contributed by atoms with van der Waals surface area (Å²) in [6, 6.07) is 5.36. The van der Waals surface area contributed by atoms with Crippen LogP contribution in [0.5, 0.6) is 5.88 Å². The molecule has 0 aliphatic carbocycles. The zero-order valence-corrected chi connectivity index (χ0v) is 17.2. The molecule has 0 amide bonds. The number of methoxy groups -OCH3 is 1. The maximum Gasteiger partial charge on any atom is 0.267 e. The summed E-state index contributed by atoms with van der Waals surface area (Å²) in [7, 11) is -3.25. The van der Waals surface area contributed by atoms with E-state index in [9.17, 15) is 17.2 Å². The van der Waals surface area contributed by atoms with E-state index in [1.54, 1.807) is 0 Å². The second-order valence-corrected chi connectivity index (χ2v) is 8.40. The Morgan fingerprint density at radius 3 is 2.61 bits per heavy atom. The first-order chi connectivity index (χ1) is 14.7. The molecule has 0 saturated carbocycles. The number of benzene rings is 2. The molecule has 160 valence electrons. The summed E-state index contributed by atoms with van der Waals surface area (Å²) in [5.41, 5.74) is -1.81. The maximum absolute atomic E-state index is 15.2. The highest BCUT2D eigenvalue weighted by atomic mass is 35.5. The van der Waals surface area contributed by atoms with E-state index in [2.05, 4.69) is 15.2 Å². The quantitative estimate of drug-likeness (QED) is 0.449. The van der Waals surface area contributed by atoms with Crippen LogP contribution in [0.25, 0.3) is 22.0 Å². The van der Waals surface area contributed by atoms with Crippen LogP contribution in [0.2, 0.25) is 5.02 Å². The molecule has 2 N–H and O–H groups in total. The van der Waals surface area contributed by atoms with Gasteiger partial charge in [0.15, 0.2) is 16.5 Å². The molecular formula is C19H12ClF3N4O3S. The van der Waals surface area contributed by atoms with Gasteiger partial charge in [-0.3, -0.25) is 9.82 Å². The third-order valence-corrected chi connectivity index (χ3v) is 5.99. The first-order valence-electron chi connectivity index (χ1n) is 8.55. The average molecular weight is 469 g/mol. The highest BCUT2D eigenvalue weighted by Crippen LogP contribution is 2.36. The van der Waals surface area contributed by atoms with Gasteiger partial charge in [0.2, 0.25) is 5.88 Å². The lowest BCUT2D eigenvalue weighted by Crippen LogP contribution is -2.16. The van der Waals surface area contributed by atoms with Crippen molar-refractivity contribution < 1.29 is 26.3 Å². The fourth-order valence-corrected chi connectivity index (χ4v) is 4.43. The third-order valence-electron chi connectivity index (χ3n) is 4.43. The van der Waals surface area contributed by atoms with Crippen LogP contribution in [0.15, 0.2) is 47.6 Å². The number of hydrogen-bond donors (Lipinski definition) is 2. The molecule has 0 aliphatic rings. The van der Waals surface area contributed by atoms with E-state index in [1.165, 1.54) is 31.6 Å². The van der Waals surface area contributed by atoms with E-state index in [0.717, 1.165) is 18.2 Å². The van der Waals surface area contributed by atoms with Gasteiger partial charge in [0.05, 0.1) is 29.6 Å². The number of pyridine rings is 1. The summed E-state index contributed by atoms with van der Waals surface area (Å²) >= 11 is 5.81. The molecule has 0 unspecified atom stereocenters. The van der Waals surface area contributed by atoms with Crippen LogP contribution >= 0.6 is 11.6 Å². The first-order valence-corrected chi connectivity index (χ1v) is 10.4. The number of halogens is 4. The summed E-state index contributed by atoms with van der Waals surface area (Å²) in [4.78, 5) is 3.30. The molecule has 0 bridgehead atoms. The zero-order valence-electron chi connectivity index (χ0n) is 15.6. The summed E-state index contributed by atoms with van der Waals surface area (Å²) in [5.74, 6) is -3.61. The molecule has 2 heterocycles. The molecule has 4 rings (SSSR count). The Morgan fingerprint density at radius 1 is 1.10 bits per heavy atom. The lowest BCUT2D eigenvalue weighted by Gasteiger charge is -2.14. The number of nitrogens with zero attached hydrogens (tertiary/aromatic N) is 2. The van der Waals surface area contributed by atoms with Gasteiger partial charge in [0.25, 0.3) is 10.0 Å².